The van der Waals surface area contributed by atoms with Gasteiger partial charge >= 0.3 is 0 Å². The average Bonchev–Trinajstić information content (AvgIpc) is 2.29. The summed E-state index contributed by atoms with van der Waals surface area (Å²) in [5.41, 5.74) is 2.71. The molecule has 0 saturated heterocycles. The summed E-state index contributed by atoms with van der Waals surface area (Å²) >= 11 is 1.52. The first-order valence-electron chi connectivity index (χ1n) is 4.93. The molecule has 2 aromatic rings. The molecule has 0 bridgehead atoms. The van der Waals surface area contributed by atoms with Crippen molar-refractivity contribution in [2.75, 3.05) is 0 Å². The first kappa shape index (κ1) is 12.4. The zero-order chi connectivity index (χ0) is 12.3. The highest BCUT2D eigenvalue weighted by molar-refractivity contribution is 9.10. The van der Waals surface area contributed by atoms with E-state index in [2.05, 4.69) is 20.9 Å². The van der Waals surface area contributed by atoms with Crippen LogP contribution in [0.4, 0.5) is 0 Å². The number of pyridine rings is 1. The molecular formula is C12H10BrNO2S. The Balaban J connectivity index is 2.47. The Kier molecular flexibility index (Phi) is 4.04. The van der Waals surface area contributed by atoms with Gasteiger partial charge in [0, 0.05) is 22.4 Å². The van der Waals surface area contributed by atoms with Crippen LogP contribution >= 0.6 is 15.9 Å². The molecule has 2 rings (SSSR count). The van der Waals surface area contributed by atoms with Crippen LogP contribution in [-0.2, 0) is 16.8 Å². The first-order valence-corrected chi connectivity index (χ1v) is 7.00. The lowest BCUT2D eigenvalue weighted by molar-refractivity contribution is 0.563. The van der Waals surface area contributed by atoms with E-state index in [1.165, 1.54) is 0 Å². The van der Waals surface area contributed by atoms with E-state index in [4.69, 9.17) is 4.55 Å². The van der Waals surface area contributed by atoms with E-state index in [9.17, 15) is 4.21 Å². The van der Waals surface area contributed by atoms with Crippen molar-refractivity contribution in [2.24, 2.45) is 0 Å². The Labute approximate surface area is 110 Å². The van der Waals surface area contributed by atoms with Gasteiger partial charge in [-0.15, -0.1) is 0 Å². The van der Waals surface area contributed by atoms with Crippen molar-refractivity contribution in [3.05, 3.63) is 52.8 Å². The number of hydrogen-bond acceptors (Lipinski definition) is 2. The minimum atomic E-state index is -1.84. The molecule has 0 aliphatic carbocycles. The topological polar surface area (TPSA) is 50.2 Å². The van der Waals surface area contributed by atoms with Crippen LogP contribution in [0, 0.1) is 0 Å². The summed E-state index contributed by atoms with van der Waals surface area (Å²) < 4.78 is 20.8. The average molecular weight is 312 g/mol. The molecule has 0 radical (unpaired) electrons. The zero-order valence-corrected chi connectivity index (χ0v) is 11.2. The van der Waals surface area contributed by atoms with Gasteiger partial charge in [0.25, 0.3) is 0 Å². The third-order valence-corrected chi connectivity index (χ3v) is 3.30. The smallest absolute Gasteiger partial charge is 0.157 e. The molecule has 1 heterocycles. The lowest BCUT2D eigenvalue weighted by atomic mass is 10.0. The largest absolute Gasteiger partial charge is 0.306 e. The van der Waals surface area contributed by atoms with Gasteiger partial charge in [-0.25, -0.2) is 4.21 Å². The Bertz CT molecular complexity index is 560. The molecule has 0 aliphatic heterocycles. The fraction of sp³-hybridized carbons (Fsp3) is 0.0833. The zero-order valence-electron chi connectivity index (χ0n) is 8.84. The molecule has 0 amide bonds. The Morgan fingerprint density at radius 1 is 1.29 bits per heavy atom. The first-order chi connectivity index (χ1) is 8.16. The van der Waals surface area contributed by atoms with Crippen LogP contribution in [0.15, 0.2) is 47.2 Å². The van der Waals surface area contributed by atoms with E-state index in [0.29, 0.717) is 0 Å². The maximum absolute atomic E-state index is 10.9. The Morgan fingerprint density at radius 2 is 2.06 bits per heavy atom. The summed E-state index contributed by atoms with van der Waals surface area (Å²) in [6.07, 6.45) is 3.44. The number of halogens is 1. The van der Waals surface area contributed by atoms with Crippen LogP contribution in [0.1, 0.15) is 5.56 Å². The second kappa shape index (κ2) is 5.53. The predicted octanol–water partition coefficient (Wildman–Crippen LogP) is 3.23. The quantitative estimate of drug-likeness (QED) is 0.885. The normalized spacial score (nSPS) is 12.4. The van der Waals surface area contributed by atoms with Crippen molar-refractivity contribution >= 4 is 27.0 Å². The molecule has 1 N–H and O–H groups in total. The number of rotatable bonds is 3. The summed E-state index contributed by atoms with van der Waals surface area (Å²) in [7, 11) is 0. The molecule has 5 heteroatoms. The van der Waals surface area contributed by atoms with Gasteiger partial charge in [-0.3, -0.25) is 4.98 Å². The summed E-state index contributed by atoms with van der Waals surface area (Å²) in [5, 5.41) is 0. The number of benzene rings is 1. The molecule has 1 aromatic carbocycles. The van der Waals surface area contributed by atoms with Crippen LogP contribution < -0.4 is 0 Å². The van der Waals surface area contributed by atoms with Gasteiger partial charge in [0.15, 0.2) is 11.1 Å². The molecule has 0 fully saturated rings. The minimum Gasteiger partial charge on any atom is -0.306 e. The van der Waals surface area contributed by atoms with Gasteiger partial charge in [-0.2, -0.15) is 0 Å². The van der Waals surface area contributed by atoms with Gasteiger partial charge in [-0.1, -0.05) is 24.3 Å². The van der Waals surface area contributed by atoms with E-state index in [1.54, 1.807) is 12.4 Å². The molecule has 0 aliphatic rings. The molecule has 1 atom stereocenters. The molecule has 88 valence electrons. The summed E-state index contributed by atoms with van der Waals surface area (Å²) in [6.45, 7) is 0. The van der Waals surface area contributed by atoms with E-state index < -0.39 is 11.1 Å². The lowest BCUT2D eigenvalue weighted by Crippen LogP contribution is -1.96. The van der Waals surface area contributed by atoms with Crippen LogP contribution in [-0.4, -0.2) is 13.7 Å². The van der Waals surface area contributed by atoms with Crippen LogP contribution in [0.2, 0.25) is 0 Å². The number of aromatic nitrogens is 1. The summed E-state index contributed by atoms with van der Waals surface area (Å²) in [4.78, 5) is 4.10. The Morgan fingerprint density at radius 3 is 2.76 bits per heavy atom. The maximum Gasteiger partial charge on any atom is 0.157 e. The number of nitrogens with zero attached hydrogens (tertiary/aromatic N) is 1. The van der Waals surface area contributed by atoms with E-state index in [-0.39, 0.29) is 5.75 Å². The third kappa shape index (κ3) is 3.21. The fourth-order valence-corrected chi connectivity index (χ4v) is 2.50. The van der Waals surface area contributed by atoms with Crippen LogP contribution in [0.5, 0.6) is 0 Å². The van der Waals surface area contributed by atoms with Crippen molar-refractivity contribution in [3.8, 4) is 11.1 Å². The van der Waals surface area contributed by atoms with Gasteiger partial charge in [0.1, 0.15) is 0 Å². The second-order valence-corrected chi connectivity index (χ2v) is 5.36. The minimum absolute atomic E-state index is 0.128. The SMILES string of the molecule is O=S(O)Cc1ccccc1-c1cncc(Br)c1. The van der Waals surface area contributed by atoms with Gasteiger partial charge < -0.3 is 4.55 Å². The molecule has 1 unspecified atom stereocenters. The van der Waals surface area contributed by atoms with E-state index in [1.807, 2.05) is 30.3 Å². The number of hydrogen-bond donors (Lipinski definition) is 1. The van der Waals surface area contributed by atoms with Crippen molar-refractivity contribution < 1.29 is 8.76 Å². The monoisotopic (exact) mass is 311 g/mol. The van der Waals surface area contributed by atoms with Crippen LogP contribution in [0.25, 0.3) is 11.1 Å². The van der Waals surface area contributed by atoms with Gasteiger partial charge in [0.05, 0.1) is 5.75 Å². The van der Waals surface area contributed by atoms with Crippen molar-refractivity contribution in [1.29, 1.82) is 0 Å². The van der Waals surface area contributed by atoms with Gasteiger partial charge in [-0.05, 0) is 33.1 Å². The molecular weight excluding hydrogens is 302 g/mol. The molecule has 0 spiro atoms. The van der Waals surface area contributed by atoms with Crippen molar-refractivity contribution in [3.63, 3.8) is 0 Å². The molecule has 0 saturated carbocycles. The van der Waals surface area contributed by atoms with Gasteiger partial charge in [0.2, 0.25) is 0 Å². The standard InChI is InChI=1S/C12H10BrNO2S/c13-11-5-10(6-14-7-11)12-4-2-1-3-9(12)8-17(15)16/h1-7H,8H2,(H,15,16). The fourth-order valence-electron chi connectivity index (χ4n) is 1.62. The highest BCUT2D eigenvalue weighted by Gasteiger charge is 2.07. The van der Waals surface area contributed by atoms with Crippen molar-refractivity contribution in [1.82, 2.24) is 4.98 Å². The Hall–Kier alpha value is -1.04. The highest BCUT2D eigenvalue weighted by atomic mass is 79.9. The predicted molar refractivity (Wildman–Crippen MR) is 71.8 cm³/mol. The molecule has 3 nitrogen and oxygen atoms in total. The van der Waals surface area contributed by atoms with Crippen molar-refractivity contribution in [2.45, 2.75) is 5.75 Å². The summed E-state index contributed by atoms with van der Waals surface area (Å²) in [6, 6.07) is 9.47. The molecule has 1 aromatic heterocycles. The van der Waals surface area contributed by atoms with Crippen LogP contribution in [0.3, 0.4) is 0 Å². The second-order valence-electron chi connectivity index (χ2n) is 3.51. The van der Waals surface area contributed by atoms with E-state index >= 15 is 0 Å². The maximum atomic E-state index is 10.9. The van der Waals surface area contributed by atoms with E-state index in [0.717, 1.165) is 21.2 Å². The summed E-state index contributed by atoms with van der Waals surface area (Å²) in [5.74, 6) is 0.128. The lowest BCUT2D eigenvalue weighted by Gasteiger charge is -2.07. The third-order valence-electron chi connectivity index (χ3n) is 2.31. The molecule has 17 heavy (non-hydrogen) atoms. The highest BCUT2D eigenvalue weighted by Crippen LogP contribution is 2.25.